The van der Waals surface area contributed by atoms with Crippen molar-refractivity contribution in [2.75, 3.05) is 0 Å². The Morgan fingerprint density at radius 3 is 2.42 bits per heavy atom. The van der Waals surface area contributed by atoms with Crippen LogP contribution in [0.5, 0.6) is 0 Å². The predicted molar refractivity (Wildman–Crippen MR) is 133 cm³/mol. The number of aliphatic hydroxyl groups is 1. The fourth-order valence-corrected chi connectivity index (χ4v) is 4.05. The Kier molecular flexibility index (Phi) is 5.75. The van der Waals surface area contributed by atoms with Crippen molar-refractivity contribution in [1.29, 1.82) is 0 Å². The number of benzene rings is 2. The van der Waals surface area contributed by atoms with Gasteiger partial charge in [0.1, 0.15) is 13.4 Å². The van der Waals surface area contributed by atoms with Crippen LogP contribution in [0.15, 0.2) is 52.9 Å². The van der Waals surface area contributed by atoms with Crippen LogP contribution in [0.4, 0.5) is 0 Å². The van der Waals surface area contributed by atoms with Gasteiger partial charge in [0.05, 0.1) is 5.69 Å². The van der Waals surface area contributed by atoms with Crippen LogP contribution in [0.25, 0.3) is 33.5 Å². The number of carbonyl (C=O) groups excluding carboxylic acids is 1. The van der Waals surface area contributed by atoms with Crippen molar-refractivity contribution in [3.63, 3.8) is 0 Å². The van der Waals surface area contributed by atoms with E-state index in [1.165, 1.54) is 13.8 Å². The van der Waals surface area contributed by atoms with E-state index in [2.05, 4.69) is 22.6 Å². The molecule has 2 aromatic carbocycles. The molecule has 2 heterocycles. The van der Waals surface area contributed by atoms with E-state index in [1.807, 2.05) is 36.4 Å². The van der Waals surface area contributed by atoms with E-state index in [0.717, 1.165) is 14.7 Å². The normalized spacial score (nSPS) is 11.8. The second kappa shape index (κ2) is 8.08. The van der Waals surface area contributed by atoms with E-state index in [1.54, 1.807) is 19.1 Å². The van der Waals surface area contributed by atoms with E-state index < -0.39 is 11.4 Å². The Morgan fingerprint density at radius 1 is 1.13 bits per heavy atom. The van der Waals surface area contributed by atoms with Gasteiger partial charge in [0.15, 0.2) is 5.76 Å². The van der Waals surface area contributed by atoms with Gasteiger partial charge in [0, 0.05) is 30.7 Å². The number of ketones is 1. The van der Waals surface area contributed by atoms with Gasteiger partial charge in [-0.1, -0.05) is 41.3 Å². The first kappa shape index (κ1) is 22.1. The quantitative estimate of drug-likeness (QED) is 0.211. The molecule has 7 heteroatoms. The molecule has 0 aliphatic heterocycles. The highest BCUT2D eigenvalue weighted by Crippen LogP contribution is 2.38. The van der Waals surface area contributed by atoms with Gasteiger partial charge >= 0.3 is 0 Å². The molecule has 1 N–H and O–H groups in total. The van der Waals surface area contributed by atoms with Crippen molar-refractivity contribution in [3.8, 4) is 22.4 Å². The lowest BCUT2D eigenvalue weighted by Crippen LogP contribution is -2.31. The maximum absolute atomic E-state index is 12.7. The fraction of sp³-hybridized carbons (Fsp3) is 0.167. The summed E-state index contributed by atoms with van der Waals surface area (Å²) >= 11 is 8.76. The van der Waals surface area contributed by atoms with Crippen molar-refractivity contribution in [1.82, 2.24) is 4.98 Å². The van der Waals surface area contributed by atoms with Crippen LogP contribution < -0.4 is 5.46 Å². The van der Waals surface area contributed by atoms with Crippen molar-refractivity contribution in [2.45, 2.75) is 26.4 Å². The van der Waals surface area contributed by atoms with E-state index in [9.17, 15) is 9.90 Å². The van der Waals surface area contributed by atoms with Gasteiger partial charge in [-0.05, 0) is 73.2 Å². The van der Waals surface area contributed by atoms with Crippen LogP contribution in [-0.2, 0) is 0 Å². The minimum absolute atomic E-state index is 0.101. The molecular formula is C24H18BClINO3. The summed E-state index contributed by atoms with van der Waals surface area (Å²) < 4.78 is 6.94. The van der Waals surface area contributed by atoms with Gasteiger partial charge in [-0.15, -0.1) is 0 Å². The molecule has 2 radical (unpaired) electrons. The molecule has 0 aliphatic rings. The maximum atomic E-state index is 12.7. The van der Waals surface area contributed by atoms with Crippen molar-refractivity contribution < 1.29 is 14.3 Å². The minimum Gasteiger partial charge on any atom is -0.434 e. The molecule has 0 aliphatic carbocycles. The molecule has 0 atom stereocenters. The number of pyridine rings is 1. The molecule has 0 fully saturated rings. The highest BCUT2D eigenvalue weighted by atomic mass is 127. The summed E-state index contributed by atoms with van der Waals surface area (Å²) in [6.45, 7) is 4.66. The lowest BCUT2D eigenvalue weighted by molar-refractivity contribution is 0.0460. The first-order valence-electron chi connectivity index (χ1n) is 9.59. The molecule has 0 amide bonds. The number of carbonyl (C=O) groups is 1. The lowest BCUT2D eigenvalue weighted by Gasteiger charge is -2.13. The molecule has 2 aromatic heterocycles. The number of fused-ring (bicyclic) bond motifs is 1. The van der Waals surface area contributed by atoms with Crippen LogP contribution in [0.2, 0.25) is 5.02 Å². The second-order valence-electron chi connectivity index (χ2n) is 7.93. The summed E-state index contributed by atoms with van der Waals surface area (Å²) in [5.41, 5.74) is 3.07. The number of nitrogens with zero attached hydrogens (tertiary/aromatic N) is 1. The molecule has 4 rings (SSSR count). The van der Waals surface area contributed by atoms with Crippen molar-refractivity contribution in [3.05, 3.63) is 68.4 Å². The number of hydrogen-bond acceptors (Lipinski definition) is 4. The Labute approximate surface area is 200 Å². The molecule has 31 heavy (non-hydrogen) atoms. The number of aromatic nitrogens is 1. The summed E-state index contributed by atoms with van der Waals surface area (Å²) in [5.74, 6) is -0.394. The molecule has 0 spiro atoms. The average Bonchev–Trinajstić information content (AvgIpc) is 3.02. The number of aryl methyl sites for hydroxylation is 1. The number of furan rings is 1. The zero-order valence-corrected chi connectivity index (χ0v) is 20.1. The predicted octanol–water partition coefficient (Wildman–Crippen LogP) is 5.48. The van der Waals surface area contributed by atoms with Crippen molar-refractivity contribution in [2.24, 2.45) is 0 Å². The van der Waals surface area contributed by atoms with E-state index >= 15 is 0 Å². The summed E-state index contributed by atoms with van der Waals surface area (Å²) in [5, 5.41) is 11.4. The Bertz CT molecular complexity index is 1320. The highest BCUT2D eigenvalue weighted by Gasteiger charge is 2.31. The summed E-state index contributed by atoms with van der Waals surface area (Å²) in [6.07, 6.45) is 0. The minimum atomic E-state index is -1.55. The largest absolute Gasteiger partial charge is 0.434 e. The first-order valence-corrected chi connectivity index (χ1v) is 11.0. The van der Waals surface area contributed by atoms with Crippen LogP contribution in [0.3, 0.4) is 0 Å². The number of rotatable bonds is 4. The Hall–Kier alpha value is -2.16. The Balaban J connectivity index is 2.03. The van der Waals surface area contributed by atoms with Crippen LogP contribution in [0, 0.1) is 10.5 Å². The van der Waals surface area contributed by atoms with E-state index in [4.69, 9.17) is 28.8 Å². The molecular weight excluding hydrogens is 523 g/mol. The van der Waals surface area contributed by atoms with Gasteiger partial charge in [0.2, 0.25) is 11.5 Å². The van der Waals surface area contributed by atoms with Gasteiger partial charge in [0.25, 0.3) is 0 Å². The summed E-state index contributed by atoms with van der Waals surface area (Å²) in [6, 6.07) is 15.3. The fourth-order valence-electron chi connectivity index (χ4n) is 3.41. The maximum Gasteiger partial charge on any atom is 0.229 e. The zero-order chi connectivity index (χ0) is 22.5. The van der Waals surface area contributed by atoms with Gasteiger partial charge in [-0.2, -0.15) is 0 Å². The Morgan fingerprint density at radius 2 is 1.81 bits per heavy atom. The third-order valence-electron chi connectivity index (χ3n) is 5.10. The molecule has 0 saturated carbocycles. The van der Waals surface area contributed by atoms with E-state index in [-0.39, 0.29) is 5.76 Å². The molecule has 4 nitrogen and oxygen atoms in total. The van der Waals surface area contributed by atoms with Crippen LogP contribution in [-0.4, -0.2) is 29.3 Å². The molecule has 154 valence electrons. The lowest BCUT2D eigenvalue weighted by atomic mass is 9.92. The first-order chi connectivity index (χ1) is 14.6. The number of hydrogen-bond donors (Lipinski definition) is 1. The molecule has 0 unspecified atom stereocenters. The summed E-state index contributed by atoms with van der Waals surface area (Å²) in [4.78, 5) is 17.4. The zero-order valence-electron chi connectivity index (χ0n) is 17.2. The third-order valence-corrected chi connectivity index (χ3v) is 6.13. The van der Waals surface area contributed by atoms with Crippen LogP contribution in [0.1, 0.15) is 30.0 Å². The number of halogens is 2. The van der Waals surface area contributed by atoms with Gasteiger partial charge < -0.3 is 9.52 Å². The topological polar surface area (TPSA) is 63.3 Å². The SMILES string of the molecule is [B]c1ccc(-c2nc3oc(C(=O)C(C)(C)O)c(C)c3cc2-c2ccc(I)cc2)c(Cl)c1. The average molecular weight is 542 g/mol. The van der Waals surface area contributed by atoms with Crippen molar-refractivity contribution >= 4 is 64.4 Å². The molecule has 0 bridgehead atoms. The third kappa shape index (κ3) is 4.16. The number of Topliss-reactive ketones (excluding diaryl/α,β-unsaturated/α-hetero) is 1. The summed E-state index contributed by atoms with van der Waals surface area (Å²) in [7, 11) is 5.87. The van der Waals surface area contributed by atoms with Gasteiger partial charge in [-0.3, -0.25) is 4.79 Å². The second-order valence-corrected chi connectivity index (χ2v) is 9.58. The highest BCUT2D eigenvalue weighted by molar-refractivity contribution is 14.1. The molecule has 0 saturated heterocycles. The van der Waals surface area contributed by atoms with Gasteiger partial charge in [-0.25, -0.2) is 4.98 Å². The smallest absolute Gasteiger partial charge is 0.229 e. The molecule has 4 aromatic rings. The van der Waals surface area contributed by atoms with E-state index in [0.29, 0.717) is 38.4 Å². The standard InChI is InChI=1S/C24H18BClINO3/c1-12-17-11-18(13-4-7-15(27)8-5-13)20(16-9-6-14(25)10-19(16)26)28-23(17)31-21(12)22(29)24(2,3)30/h4-11,30H,1-3H3. The van der Waals surface area contributed by atoms with Crippen LogP contribution >= 0.6 is 34.2 Å². The monoisotopic (exact) mass is 541 g/mol.